The van der Waals surface area contributed by atoms with Gasteiger partial charge in [0.2, 0.25) is 0 Å². The smallest absolute Gasteiger partial charge is 0.397 e. The molecule has 0 saturated heterocycles. The zero-order valence-electron chi connectivity index (χ0n) is 10.3. The molecule has 2 aromatic rings. The van der Waals surface area contributed by atoms with Crippen molar-refractivity contribution in [2.24, 2.45) is 0 Å². The molecule has 0 aromatic heterocycles. The molecule has 0 heterocycles. The van der Waals surface area contributed by atoms with E-state index in [1.165, 1.54) is 30.3 Å². The summed E-state index contributed by atoms with van der Waals surface area (Å²) >= 11 is 0. The van der Waals surface area contributed by atoms with Gasteiger partial charge in [0, 0.05) is 6.54 Å². The summed E-state index contributed by atoms with van der Waals surface area (Å²) in [6.07, 6.45) is -4.42. The van der Waals surface area contributed by atoms with E-state index in [1.54, 1.807) is 0 Å². The molecule has 0 atom stereocenters. The Morgan fingerprint density at radius 1 is 1.05 bits per heavy atom. The Kier molecular flexibility index (Phi) is 3.83. The number of halogens is 4. The normalized spacial score (nSPS) is 11.4. The number of hydrogen-bond donors (Lipinski definition) is 2. The van der Waals surface area contributed by atoms with Crippen molar-refractivity contribution >= 4 is 11.4 Å². The van der Waals surface area contributed by atoms with Crippen molar-refractivity contribution in [1.82, 2.24) is 0 Å². The molecule has 0 bridgehead atoms. The first-order chi connectivity index (χ1) is 9.38. The van der Waals surface area contributed by atoms with Gasteiger partial charge in [0.05, 0.1) is 16.9 Å². The molecule has 0 unspecified atom stereocenters. The molecule has 20 heavy (non-hydrogen) atoms. The van der Waals surface area contributed by atoms with Crippen LogP contribution in [0.3, 0.4) is 0 Å². The van der Waals surface area contributed by atoms with Crippen molar-refractivity contribution < 1.29 is 17.6 Å². The van der Waals surface area contributed by atoms with E-state index in [-0.39, 0.29) is 23.5 Å². The summed E-state index contributed by atoms with van der Waals surface area (Å²) in [4.78, 5) is 0. The molecule has 106 valence electrons. The molecule has 2 nitrogen and oxygen atoms in total. The fourth-order valence-corrected chi connectivity index (χ4v) is 1.82. The molecule has 0 saturated carbocycles. The average molecular weight is 284 g/mol. The molecule has 0 spiro atoms. The minimum atomic E-state index is -4.42. The lowest BCUT2D eigenvalue weighted by molar-refractivity contribution is -0.138. The second-order valence-corrected chi connectivity index (χ2v) is 4.24. The lowest BCUT2D eigenvalue weighted by Crippen LogP contribution is -2.12. The SMILES string of the molecule is Nc1ccc(F)cc1NCc1ccccc1C(F)(F)F. The fraction of sp³-hybridized carbons (Fsp3) is 0.143. The molecule has 6 heteroatoms. The van der Waals surface area contributed by atoms with E-state index in [0.717, 1.165) is 12.1 Å². The molecule has 0 aliphatic carbocycles. The van der Waals surface area contributed by atoms with Crippen LogP contribution in [0.4, 0.5) is 28.9 Å². The summed E-state index contributed by atoms with van der Waals surface area (Å²) < 4.78 is 51.5. The van der Waals surface area contributed by atoms with E-state index in [2.05, 4.69) is 5.32 Å². The first kappa shape index (κ1) is 14.2. The van der Waals surface area contributed by atoms with Crippen molar-refractivity contribution in [1.29, 1.82) is 0 Å². The van der Waals surface area contributed by atoms with Crippen LogP contribution in [0.25, 0.3) is 0 Å². The molecular weight excluding hydrogens is 272 g/mol. The predicted octanol–water partition coefficient (Wildman–Crippen LogP) is 4.04. The zero-order valence-corrected chi connectivity index (χ0v) is 10.3. The second kappa shape index (κ2) is 5.40. The van der Waals surface area contributed by atoms with Crippen molar-refractivity contribution in [2.45, 2.75) is 12.7 Å². The maximum absolute atomic E-state index is 13.1. The maximum Gasteiger partial charge on any atom is 0.416 e. The molecule has 3 N–H and O–H groups in total. The van der Waals surface area contributed by atoms with Crippen molar-refractivity contribution in [2.75, 3.05) is 11.1 Å². The zero-order chi connectivity index (χ0) is 14.8. The number of benzene rings is 2. The van der Waals surface area contributed by atoms with E-state index in [4.69, 9.17) is 5.73 Å². The number of nitrogen functional groups attached to an aromatic ring is 1. The van der Waals surface area contributed by atoms with Crippen LogP contribution in [0.1, 0.15) is 11.1 Å². The molecule has 0 amide bonds. The number of nitrogens with one attached hydrogen (secondary N) is 1. The lowest BCUT2D eigenvalue weighted by atomic mass is 10.1. The summed E-state index contributed by atoms with van der Waals surface area (Å²) in [5.41, 5.74) is 5.52. The van der Waals surface area contributed by atoms with Gasteiger partial charge in [-0.05, 0) is 29.8 Å². The Hall–Kier alpha value is -2.24. The topological polar surface area (TPSA) is 38.0 Å². The van der Waals surface area contributed by atoms with Crippen LogP contribution in [-0.2, 0) is 12.7 Å². The van der Waals surface area contributed by atoms with Crippen LogP contribution in [0.15, 0.2) is 42.5 Å². The highest BCUT2D eigenvalue weighted by molar-refractivity contribution is 5.66. The molecular formula is C14H12F4N2. The van der Waals surface area contributed by atoms with Gasteiger partial charge in [0.15, 0.2) is 0 Å². The fourth-order valence-electron chi connectivity index (χ4n) is 1.82. The third-order valence-electron chi connectivity index (χ3n) is 2.81. The Labute approximate surface area is 113 Å². The number of hydrogen-bond acceptors (Lipinski definition) is 2. The third-order valence-corrected chi connectivity index (χ3v) is 2.81. The third kappa shape index (κ3) is 3.20. The Morgan fingerprint density at radius 2 is 1.75 bits per heavy atom. The number of nitrogens with two attached hydrogens (primary N) is 1. The van der Waals surface area contributed by atoms with Crippen LogP contribution in [0, 0.1) is 5.82 Å². The van der Waals surface area contributed by atoms with Crippen molar-refractivity contribution in [3.63, 3.8) is 0 Å². The van der Waals surface area contributed by atoms with Gasteiger partial charge in [0.1, 0.15) is 5.82 Å². The van der Waals surface area contributed by atoms with E-state index < -0.39 is 17.6 Å². The molecule has 0 aliphatic heterocycles. The minimum absolute atomic E-state index is 0.0728. The lowest BCUT2D eigenvalue weighted by Gasteiger charge is -2.14. The van der Waals surface area contributed by atoms with Crippen molar-refractivity contribution in [3.8, 4) is 0 Å². The quantitative estimate of drug-likeness (QED) is 0.659. The Bertz CT molecular complexity index is 608. The van der Waals surface area contributed by atoms with E-state index in [9.17, 15) is 17.6 Å². The molecule has 0 aliphatic rings. The van der Waals surface area contributed by atoms with Crippen LogP contribution >= 0.6 is 0 Å². The highest BCUT2D eigenvalue weighted by Gasteiger charge is 2.32. The van der Waals surface area contributed by atoms with Gasteiger partial charge in [-0.25, -0.2) is 4.39 Å². The van der Waals surface area contributed by atoms with E-state index in [0.29, 0.717) is 0 Å². The number of rotatable bonds is 3. The summed E-state index contributed by atoms with van der Waals surface area (Å²) in [6.45, 7) is -0.0939. The van der Waals surface area contributed by atoms with Crippen LogP contribution < -0.4 is 11.1 Å². The van der Waals surface area contributed by atoms with Crippen LogP contribution in [-0.4, -0.2) is 0 Å². The predicted molar refractivity (Wildman–Crippen MR) is 69.6 cm³/mol. The number of alkyl halides is 3. The Balaban J connectivity index is 2.21. The van der Waals surface area contributed by atoms with Crippen LogP contribution in [0.2, 0.25) is 0 Å². The first-order valence-electron chi connectivity index (χ1n) is 5.82. The van der Waals surface area contributed by atoms with Gasteiger partial charge in [0.25, 0.3) is 0 Å². The van der Waals surface area contributed by atoms with Crippen molar-refractivity contribution in [3.05, 3.63) is 59.4 Å². The van der Waals surface area contributed by atoms with Gasteiger partial charge >= 0.3 is 6.18 Å². The van der Waals surface area contributed by atoms with Gasteiger partial charge in [-0.1, -0.05) is 18.2 Å². The van der Waals surface area contributed by atoms with Gasteiger partial charge < -0.3 is 11.1 Å². The average Bonchev–Trinajstić information content (AvgIpc) is 2.39. The summed E-state index contributed by atoms with van der Waals surface area (Å²) in [5.74, 6) is -0.509. The molecule has 0 radical (unpaired) electrons. The maximum atomic E-state index is 13.1. The van der Waals surface area contributed by atoms with Gasteiger partial charge in [-0.15, -0.1) is 0 Å². The largest absolute Gasteiger partial charge is 0.416 e. The first-order valence-corrected chi connectivity index (χ1v) is 5.82. The minimum Gasteiger partial charge on any atom is -0.397 e. The summed E-state index contributed by atoms with van der Waals surface area (Å²) in [5, 5.41) is 2.72. The van der Waals surface area contributed by atoms with E-state index in [1.807, 2.05) is 0 Å². The summed E-state index contributed by atoms with van der Waals surface area (Å²) in [7, 11) is 0. The molecule has 2 aromatic carbocycles. The van der Waals surface area contributed by atoms with Gasteiger partial charge in [-0.3, -0.25) is 0 Å². The molecule has 0 fully saturated rings. The number of anilines is 2. The standard InChI is InChI=1S/C14H12F4N2/c15-10-5-6-12(19)13(7-10)20-8-9-3-1-2-4-11(9)14(16,17)18/h1-7,20H,8,19H2. The molecule has 2 rings (SSSR count). The highest BCUT2D eigenvalue weighted by Crippen LogP contribution is 2.32. The Morgan fingerprint density at radius 3 is 2.45 bits per heavy atom. The highest BCUT2D eigenvalue weighted by atomic mass is 19.4. The van der Waals surface area contributed by atoms with Crippen LogP contribution in [0.5, 0.6) is 0 Å². The second-order valence-electron chi connectivity index (χ2n) is 4.24. The summed E-state index contributed by atoms with van der Waals surface area (Å²) in [6, 6.07) is 8.89. The van der Waals surface area contributed by atoms with Gasteiger partial charge in [-0.2, -0.15) is 13.2 Å². The monoisotopic (exact) mass is 284 g/mol. The van der Waals surface area contributed by atoms with E-state index >= 15 is 0 Å².